The first-order valence-electron chi connectivity index (χ1n) is 10.1. The molecule has 0 saturated carbocycles. The van der Waals surface area contributed by atoms with Crippen molar-refractivity contribution in [2.45, 2.75) is 45.8 Å². The van der Waals surface area contributed by atoms with Crippen LogP contribution >= 0.6 is 11.8 Å². The molecule has 0 radical (unpaired) electrons. The van der Waals surface area contributed by atoms with Crippen LogP contribution in [0.15, 0.2) is 53.4 Å². The summed E-state index contributed by atoms with van der Waals surface area (Å²) in [5, 5.41) is 0.186. The first-order chi connectivity index (χ1) is 14.0. The number of rotatable bonds is 8. The van der Waals surface area contributed by atoms with Gasteiger partial charge in [0.15, 0.2) is 0 Å². The summed E-state index contributed by atoms with van der Waals surface area (Å²) in [4.78, 5) is 28.3. The minimum absolute atomic E-state index is 0.186. The Bertz CT molecular complexity index is 914. The summed E-state index contributed by atoms with van der Waals surface area (Å²) in [5.74, 6) is 0.238. The van der Waals surface area contributed by atoms with Crippen molar-refractivity contribution in [1.82, 2.24) is 0 Å². The van der Waals surface area contributed by atoms with Gasteiger partial charge in [-0.15, -0.1) is 11.8 Å². The Balaban J connectivity index is 1.98. The van der Waals surface area contributed by atoms with Crippen LogP contribution in [0.5, 0.6) is 5.75 Å². The molecule has 5 heteroatoms. The van der Waals surface area contributed by atoms with Crippen LogP contribution in [-0.2, 0) is 16.0 Å². The molecule has 1 aliphatic heterocycles. The lowest BCUT2D eigenvalue weighted by molar-refractivity contribution is -0.119. The number of imide groups is 1. The largest absolute Gasteiger partial charge is 0.494 e. The number of carbonyl (C=O) groups is 2. The molecule has 0 spiro atoms. The number of hydrogen-bond donors (Lipinski definition) is 0. The molecule has 4 nitrogen and oxygen atoms in total. The molecule has 2 aromatic rings. The van der Waals surface area contributed by atoms with E-state index >= 15 is 0 Å². The monoisotopic (exact) mass is 409 g/mol. The predicted molar refractivity (Wildman–Crippen MR) is 120 cm³/mol. The fraction of sp³-hybridized carbons (Fsp3) is 0.333. The first-order valence-corrected chi connectivity index (χ1v) is 11.0. The minimum Gasteiger partial charge on any atom is -0.494 e. The second kappa shape index (κ2) is 9.31. The van der Waals surface area contributed by atoms with Crippen LogP contribution in [0.1, 0.15) is 45.2 Å². The third-order valence-electron chi connectivity index (χ3n) is 4.61. The lowest BCUT2D eigenvalue weighted by Gasteiger charge is -2.16. The molecule has 152 valence electrons. The standard InChI is InChI=1S/C24H27NO3S/c1-5-15-28-20-13-9-18(10-14-20)21-22(29-16(3)4)24(27)25(23(21)26)19-11-7-17(6-2)8-12-19/h7-14,16H,5-6,15H2,1-4H3. The minimum atomic E-state index is -0.273. The van der Waals surface area contributed by atoms with Gasteiger partial charge in [-0.2, -0.15) is 0 Å². The Kier molecular flexibility index (Phi) is 6.80. The number of amides is 2. The van der Waals surface area contributed by atoms with Crippen molar-refractivity contribution in [3.63, 3.8) is 0 Å². The van der Waals surface area contributed by atoms with E-state index in [1.165, 1.54) is 22.2 Å². The molecule has 2 aromatic carbocycles. The van der Waals surface area contributed by atoms with Gasteiger partial charge in [0.25, 0.3) is 11.8 Å². The highest BCUT2D eigenvalue weighted by Gasteiger charge is 2.40. The SMILES string of the molecule is CCCOc1ccc(C2=C(SC(C)C)C(=O)N(c3ccc(CC)cc3)C2=O)cc1. The summed E-state index contributed by atoms with van der Waals surface area (Å²) >= 11 is 1.44. The third-order valence-corrected chi connectivity index (χ3v) is 5.70. The van der Waals surface area contributed by atoms with Crippen molar-refractivity contribution in [2.24, 2.45) is 0 Å². The van der Waals surface area contributed by atoms with Gasteiger partial charge in [0.05, 0.1) is 22.8 Å². The van der Waals surface area contributed by atoms with Gasteiger partial charge in [0.2, 0.25) is 0 Å². The van der Waals surface area contributed by atoms with E-state index in [1.807, 2.05) is 62.4 Å². The average Bonchev–Trinajstić information content (AvgIpc) is 2.96. The van der Waals surface area contributed by atoms with Gasteiger partial charge in [0.1, 0.15) is 5.75 Å². The number of benzene rings is 2. The van der Waals surface area contributed by atoms with Gasteiger partial charge in [-0.3, -0.25) is 9.59 Å². The topological polar surface area (TPSA) is 46.6 Å². The van der Waals surface area contributed by atoms with Crippen LogP contribution in [0.25, 0.3) is 5.57 Å². The highest BCUT2D eigenvalue weighted by atomic mass is 32.2. The molecule has 0 fully saturated rings. The number of carbonyl (C=O) groups excluding carboxylic acids is 2. The number of thioether (sulfide) groups is 1. The van der Waals surface area contributed by atoms with Gasteiger partial charge >= 0.3 is 0 Å². The van der Waals surface area contributed by atoms with E-state index in [4.69, 9.17) is 4.74 Å². The molecule has 0 aliphatic carbocycles. The summed E-state index contributed by atoms with van der Waals surface area (Å²) in [6.07, 6.45) is 1.84. The van der Waals surface area contributed by atoms with Crippen LogP contribution < -0.4 is 9.64 Å². The van der Waals surface area contributed by atoms with Gasteiger partial charge < -0.3 is 4.74 Å². The molecule has 0 saturated heterocycles. The maximum atomic E-state index is 13.3. The zero-order valence-corrected chi connectivity index (χ0v) is 18.2. The van der Waals surface area contributed by atoms with Crippen LogP contribution in [-0.4, -0.2) is 23.7 Å². The lowest BCUT2D eigenvalue weighted by Crippen LogP contribution is -2.31. The molecule has 29 heavy (non-hydrogen) atoms. The van der Waals surface area contributed by atoms with Crippen molar-refractivity contribution in [1.29, 1.82) is 0 Å². The molecular formula is C24H27NO3S. The maximum Gasteiger partial charge on any atom is 0.272 e. The molecule has 0 aromatic heterocycles. The van der Waals surface area contributed by atoms with Crippen LogP contribution in [0.2, 0.25) is 0 Å². The Morgan fingerprint density at radius 1 is 0.931 bits per heavy atom. The number of nitrogens with zero attached hydrogens (tertiary/aromatic N) is 1. The van der Waals surface area contributed by atoms with Gasteiger partial charge in [0, 0.05) is 5.25 Å². The third kappa shape index (κ3) is 4.56. The number of anilines is 1. The average molecular weight is 410 g/mol. The quantitative estimate of drug-likeness (QED) is 0.543. The number of hydrogen-bond acceptors (Lipinski definition) is 4. The zero-order valence-electron chi connectivity index (χ0n) is 17.4. The van der Waals surface area contributed by atoms with Crippen molar-refractivity contribution in [3.05, 3.63) is 64.6 Å². The Morgan fingerprint density at radius 3 is 2.14 bits per heavy atom. The molecule has 1 heterocycles. The Labute approximate surface area is 176 Å². The van der Waals surface area contributed by atoms with E-state index in [-0.39, 0.29) is 17.1 Å². The molecule has 0 bridgehead atoms. The molecule has 2 amide bonds. The van der Waals surface area contributed by atoms with Crippen LogP contribution in [0, 0.1) is 0 Å². The van der Waals surface area contributed by atoms with Crippen LogP contribution in [0.3, 0.4) is 0 Å². The van der Waals surface area contributed by atoms with Gasteiger partial charge in [-0.1, -0.05) is 52.0 Å². The molecule has 0 N–H and O–H groups in total. The van der Waals surface area contributed by atoms with Crippen molar-refractivity contribution < 1.29 is 14.3 Å². The first kappa shape index (κ1) is 21.2. The van der Waals surface area contributed by atoms with E-state index < -0.39 is 0 Å². The molecule has 3 rings (SSSR count). The zero-order chi connectivity index (χ0) is 21.0. The number of aryl methyl sites for hydroxylation is 1. The van der Waals surface area contributed by atoms with E-state index in [9.17, 15) is 9.59 Å². The highest BCUT2D eigenvalue weighted by molar-refractivity contribution is 8.04. The van der Waals surface area contributed by atoms with Crippen LogP contribution in [0.4, 0.5) is 5.69 Å². The lowest BCUT2D eigenvalue weighted by atomic mass is 10.1. The normalized spacial score (nSPS) is 14.3. The second-order valence-electron chi connectivity index (χ2n) is 7.21. The second-order valence-corrected chi connectivity index (χ2v) is 8.80. The van der Waals surface area contributed by atoms with E-state index in [0.717, 1.165) is 24.2 Å². The molecule has 1 aliphatic rings. The van der Waals surface area contributed by atoms with Crippen molar-refractivity contribution in [3.8, 4) is 5.75 Å². The van der Waals surface area contributed by atoms with Crippen molar-refractivity contribution >= 4 is 34.8 Å². The molecular weight excluding hydrogens is 382 g/mol. The fourth-order valence-electron chi connectivity index (χ4n) is 3.16. The van der Waals surface area contributed by atoms with Gasteiger partial charge in [-0.05, 0) is 48.2 Å². The molecule has 0 unspecified atom stereocenters. The van der Waals surface area contributed by atoms with E-state index in [1.54, 1.807) is 0 Å². The summed E-state index contributed by atoms with van der Waals surface area (Å²) in [5.41, 5.74) is 2.98. The Hall–Kier alpha value is -2.53. The smallest absolute Gasteiger partial charge is 0.272 e. The summed E-state index contributed by atoms with van der Waals surface area (Å²) in [7, 11) is 0. The summed E-state index contributed by atoms with van der Waals surface area (Å²) < 4.78 is 5.64. The molecule has 0 atom stereocenters. The maximum absolute atomic E-state index is 13.3. The van der Waals surface area contributed by atoms with E-state index in [0.29, 0.717) is 22.8 Å². The summed E-state index contributed by atoms with van der Waals surface area (Å²) in [6.45, 7) is 8.82. The fourth-order valence-corrected chi connectivity index (χ4v) is 4.15. The Morgan fingerprint density at radius 2 is 1.59 bits per heavy atom. The van der Waals surface area contributed by atoms with E-state index in [2.05, 4.69) is 13.8 Å². The number of ether oxygens (including phenoxy) is 1. The highest BCUT2D eigenvalue weighted by Crippen LogP contribution is 2.40. The van der Waals surface area contributed by atoms with Crippen molar-refractivity contribution in [2.75, 3.05) is 11.5 Å². The predicted octanol–water partition coefficient (Wildman–Crippen LogP) is 5.46. The van der Waals surface area contributed by atoms with Gasteiger partial charge in [-0.25, -0.2) is 4.90 Å². The summed E-state index contributed by atoms with van der Waals surface area (Å²) in [6, 6.07) is 15.0.